The van der Waals surface area contributed by atoms with Crippen LogP contribution >= 0.6 is 11.8 Å². The maximum Gasteiger partial charge on any atom is 0.252 e. The minimum Gasteiger partial charge on any atom is -0.391 e. The van der Waals surface area contributed by atoms with Crippen LogP contribution in [0.3, 0.4) is 0 Å². The highest BCUT2D eigenvalue weighted by atomic mass is 32.2. The number of nitrogens with one attached hydrogen (secondary N) is 1. The van der Waals surface area contributed by atoms with Crippen molar-refractivity contribution < 1.29 is 9.90 Å². The summed E-state index contributed by atoms with van der Waals surface area (Å²) < 4.78 is 0. The van der Waals surface area contributed by atoms with Crippen LogP contribution in [0.1, 0.15) is 30.6 Å². The number of pyridine rings is 1. The molecule has 4 nitrogen and oxygen atoms in total. The first-order valence-electron chi connectivity index (χ1n) is 5.99. The number of hydrogen-bond acceptors (Lipinski definition) is 4. The third-order valence-electron chi connectivity index (χ3n) is 2.45. The normalized spacial score (nSPS) is 12.5. The summed E-state index contributed by atoms with van der Waals surface area (Å²) in [5, 5.41) is 13.3. The lowest BCUT2D eigenvalue weighted by atomic mass is 10.1. The second kappa shape index (κ2) is 7.38. The van der Waals surface area contributed by atoms with Crippen LogP contribution in [0.25, 0.3) is 0 Å². The number of amides is 1. The largest absolute Gasteiger partial charge is 0.391 e. The van der Waals surface area contributed by atoms with E-state index in [0.717, 1.165) is 5.03 Å². The molecular weight excluding hydrogens is 248 g/mol. The van der Waals surface area contributed by atoms with E-state index in [2.05, 4.69) is 10.3 Å². The molecule has 1 amide bonds. The van der Waals surface area contributed by atoms with Gasteiger partial charge in [-0.3, -0.25) is 4.79 Å². The molecule has 0 fully saturated rings. The van der Waals surface area contributed by atoms with Gasteiger partial charge in [-0.2, -0.15) is 0 Å². The third kappa shape index (κ3) is 5.06. The zero-order valence-electron chi connectivity index (χ0n) is 11.0. The van der Waals surface area contributed by atoms with Gasteiger partial charge in [-0.05, 0) is 30.7 Å². The maximum atomic E-state index is 11.8. The first-order valence-corrected chi connectivity index (χ1v) is 7.21. The highest BCUT2D eigenvalue weighted by Crippen LogP contribution is 2.11. The quantitative estimate of drug-likeness (QED) is 0.774. The molecule has 0 aliphatic heterocycles. The molecular formula is C13H20N2O2S. The van der Waals surface area contributed by atoms with Crippen LogP contribution in [0, 0.1) is 5.92 Å². The molecule has 1 heterocycles. The van der Waals surface area contributed by atoms with Crippen LogP contribution in [0.15, 0.2) is 23.4 Å². The van der Waals surface area contributed by atoms with Crippen LogP contribution < -0.4 is 5.32 Å². The van der Waals surface area contributed by atoms with Crippen LogP contribution in [0.5, 0.6) is 0 Å². The number of aliphatic hydroxyl groups excluding tert-OH is 1. The Hall–Kier alpha value is -1.07. The summed E-state index contributed by atoms with van der Waals surface area (Å²) in [5.41, 5.74) is 0.518. The van der Waals surface area contributed by atoms with E-state index in [-0.39, 0.29) is 12.5 Å². The Morgan fingerprint density at radius 3 is 2.72 bits per heavy atom. The van der Waals surface area contributed by atoms with Crippen molar-refractivity contribution in [3.63, 3.8) is 0 Å². The first kappa shape index (κ1) is 15.0. The second-order valence-corrected chi connectivity index (χ2v) is 5.41. The fourth-order valence-electron chi connectivity index (χ4n) is 1.58. The molecule has 0 aliphatic rings. The molecule has 2 N–H and O–H groups in total. The monoisotopic (exact) mass is 268 g/mol. The SMILES string of the molecule is CSc1ccc(C(=O)NCC(O)CC(C)C)cn1. The lowest BCUT2D eigenvalue weighted by Crippen LogP contribution is -2.32. The van der Waals surface area contributed by atoms with Crippen LogP contribution in [-0.4, -0.2) is 34.9 Å². The van der Waals surface area contributed by atoms with Gasteiger partial charge in [0.1, 0.15) is 0 Å². The number of aromatic nitrogens is 1. The molecule has 0 radical (unpaired) electrons. The Morgan fingerprint density at radius 2 is 2.22 bits per heavy atom. The Balaban J connectivity index is 2.44. The first-order chi connectivity index (χ1) is 8.52. The zero-order valence-corrected chi connectivity index (χ0v) is 11.8. The number of rotatable bonds is 6. The molecule has 0 aliphatic carbocycles. The van der Waals surface area contributed by atoms with E-state index < -0.39 is 6.10 Å². The molecule has 1 atom stereocenters. The molecule has 0 saturated carbocycles. The van der Waals surface area contributed by atoms with Crippen molar-refractivity contribution in [1.82, 2.24) is 10.3 Å². The van der Waals surface area contributed by atoms with E-state index >= 15 is 0 Å². The van der Waals surface area contributed by atoms with Crippen molar-refractivity contribution in [2.24, 2.45) is 5.92 Å². The average molecular weight is 268 g/mol. The van der Waals surface area contributed by atoms with Crippen molar-refractivity contribution in [2.75, 3.05) is 12.8 Å². The average Bonchev–Trinajstić information content (AvgIpc) is 2.35. The topological polar surface area (TPSA) is 62.2 Å². The van der Waals surface area contributed by atoms with Gasteiger partial charge in [-0.1, -0.05) is 13.8 Å². The van der Waals surface area contributed by atoms with Gasteiger partial charge in [0.15, 0.2) is 0 Å². The second-order valence-electron chi connectivity index (χ2n) is 4.58. The summed E-state index contributed by atoms with van der Waals surface area (Å²) in [7, 11) is 0. The Bertz CT molecular complexity index is 379. The molecule has 0 bridgehead atoms. The summed E-state index contributed by atoms with van der Waals surface area (Å²) in [5.74, 6) is 0.220. The van der Waals surface area contributed by atoms with E-state index in [9.17, 15) is 9.90 Å². The van der Waals surface area contributed by atoms with Gasteiger partial charge in [-0.25, -0.2) is 4.98 Å². The van der Waals surface area contributed by atoms with Gasteiger partial charge in [0, 0.05) is 12.7 Å². The highest BCUT2D eigenvalue weighted by molar-refractivity contribution is 7.98. The van der Waals surface area contributed by atoms with Crippen molar-refractivity contribution in [3.05, 3.63) is 23.9 Å². The number of nitrogens with zero attached hydrogens (tertiary/aromatic N) is 1. The molecule has 1 rings (SSSR count). The van der Waals surface area contributed by atoms with Gasteiger partial charge in [0.25, 0.3) is 5.91 Å². The van der Waals surface area contributed by atoms with Crippen LogP contribution in [0.4, 0.5) is 0 Å². The fourth-order valence-corrected chi connectivity index (χ4v) is 1.94. The molecule has 0 saturated heterocycles. The third-order valence-corrected chi connectivity index (χ3v) is 3.11. The summed E-state index contributed by atoms with van der Waals surface area (Å²) >= 11 is 1.53. The number of carbonyl (C=O) groups is 1. The van der Waals surface area contributed by atoms with Gasteiger partial charge >= 0.3 is 0 Å². The maximum absolute atomic E-state index is 11.8. The number of aliphatic hydroxyl groups is 1. The molecule has 5 heteroatoms. The van der Waals surface area contributed by atoms with Gasteiger partial charge in [0.2, 0.25) is 0 Å². The molecule has 1 aromatic heterocycles. The van der Waals surface area contributed by atoms with E-state index in [1.54, 1.807) is 12.3 Å². The van der Waals surface area contributed by atoms with Crippen molar-refractivity contribution in [3.8, 4) is 0 Å². The summed E-state index contributed by atoms with van der Waals surface area (Å²) in [6.07, 6.45) is 3.68. The molecule has 0 aromatic carbocycles. The standard InChI is InChI=1S/C13H20N2O2S/c1-9(2)6-11(16)8-15-13(17)10-4-5-12(18-3)14-7-10/h4-5,7,9,11,16H,6,8H2,1-3H3,(H,15,17). The predicted octanol–water partition coefficient (Wildman–Crippen LogP) is 1.94. The lowest BCUT2D eigenvalue weighted by Gasteiger charge is -2.13. The van der Waals surface area contributed by atoms with Crippen molar-refractivity contribution in [2.45, 2.75) is 31.4 Å². The summed E-state index contributed by atoms with van der Waals surface area (Å²) in [6, 6.07) is 3.55. The summed E-state index contributed by atoms with van der Waals surface area (Å²) in [4.78, 5) is 15.9. The predicted molar refractivity (Wildman–Crippen MR) is 73.8 cm³/mol. The van der Waals surface area contributed by atoms with Crippen molar-refractivity contribution in [1.29, 1.82) is 0 Å². The molecule has 100 valence electrons. The minimum atomic E-state index is -0.493. The fraction of sp³-hybridized carbons (Fsp3) is 0.538. The molecule has 18 heavy (non-hydrogen) atoms. The Kier molecular flexibility index (Phi) is 6.15. The molecule has 1 unspecified atom stereocenters. The smallest absolute Gasteiger partial charge is 0.252 e. The van der Waals surface area contributed by atoms with Gasteiger partial charge in [-0.15, -0.1) is 11.8 Å². The van der Waals surface area contributed by atoms with Gasteiger partial charge in [0.05, 0.1) is 16.7 Å². The van der Waals surface area contributed by atoms with Crippen LogP contribution in [0.2, 0.25) is 0 Å². The zero-order chi connectivity index (χ0) is 13.5. The molecule has 1 aromatic rings. The van der Waals surface area contributed by atoms with Gasteiger partial charge < -0.3 is 10.4 Å². The highest BCUT2D eigenvalue weighted by Gasteiger charge is 2.10. The Labute approximate surface area is 112 Å². The van der Waals surface area contributed by atoms with Crippen LogP contribution in [-0.2, 0) is 0 Å². The van der Waals surface area contributed by atoms with Crippen molar-refractivity contribution >= 4 is 17.7 Å². The van der Waals surface area contributed by atoms with E-state index in [1.165, 1.54) is 11.8 Å². The van der Waals surface area contributed by atoms with E-state index in [0.29, 0.717) is 17.9 Å². The lowest BCUT2D eigenvalue weighted by molar-refractivity contribution is 0.0900. The Morgan fingerprint density at radius 1 is 1.50 bits per heavy atom. The van der Waals surface area contributed by atoms with E-state index in [4.69, 9.17) is 0 Å². The summed E-state index contributed by atoms with van der Waals surface area (Å²) in [6.45, 7) is 4.35. The number of carbonyl (C=O) groups excluding carboxylic acids is 1. The minimum absolute atomic E-state index is 0.196. The van der Waals surface area contributed by atoms with E-state index in [1.807, 2.05) is 26.2 Å². The number of hydrogen-bond donors (Lipinski definition) is 2. The number of thioether (sulfide) groups is 1. The molecule has 0 spiro atoms.